The van der Waals surface area contributed by atoms with Crippen LogP contribution in [0.2, 0.25) is 0 Å². The molecule has 0 amide bonds. The zero-order chi connectivity index (χ0) is 15.0. The van der Waals surface area contributed by atoms with E-state index in [4.69, 9.17) is 5.26 Å². The van der Waals surface area contributed by atoms with Crippen LogP contribution in [0.15, 0.2) is 34.1 Å². The van der Waals surface area contributed by atoms with Gasteiger partial charge >= 0.3 is 5.97 Å². The number of thiophene rings is 1. The molecule has 0 saturated carbocycles. The van der Waals surface area contributed by atoms with Gasteiger partial charge in [0.2, 0.25) is 0 Å². The monoisotopic (exact) mass is 362 g/mol. The van der Waals surface area contributed by atoms with E-state index >= 15 is 0 Å². The third-order valence-corrected chi connectivity index (χ3v) is 5.22. The lowest BCUT2D eigenvalue weighted by Crippen LogP contribution is -2.39. The van der Waals surface area contributed by atoms with E-state index in [1.807, 2.05) is 16.3 Å². The molecule has 0 fully saturated rings. The Morgan fingerprint density at radius 2 is 2.29 bits per heavy atom. The molecule has 0 radical (unpaired) electrons. The fraction of sp³-hybridized carbons (Fsp3) is 0.200. The third kappa shape index (κ3) is 2.43. The molecule has 2 heterocycles. The summed E-state index contributed by atoms with van der Waals surface area (Å²) in [7, 11) is 0. The predicted octanol–water partition coefficient (Wildman–Crippen LogP) is 3.57. The van der Waals surface area contributed by atoms with Gasteiger partial charge in [0.25, 0.3) is 0 Å². The summed E-state index contributed by atoms with van der Waals surface area (Å²) in [6, 6.07) is 8.53. The van der Waals surface area contributed by atoms with Gasteiger partial charge in [-0.2, -0.15) is 5.26 Å². The first kappa shape index (κ1) is 14.1. The first-order valence-corrected chi connectivity index (χ1v) is 8.04. The largest absolute Gasteiger partial charge is 0.479 e. The van der Waals surface area contributed by atoms with Crippen molar-refractivity contribution in [1.29, 1.82) is 5.26 Å². The molecule has 4 nitrogen and oxygen atoms in total. The molecule has 1 aromatic carbocycles. The smallest absolute Gasteiger partial charge is 0.331 e. The quantitative estimate of drug-likeness (QED) is 0.886. The minimum atomic E-state index is -0.856. The molecule has 106 valence electrons. The van der Waals surface area contributed by atoms with E-state index in [1.165, 1.54) is 0 Å². The number of rotatable bonds is 2. The third-order valence-electron chi connectivity index (χ3n) is 3.59. The Morgan fingerprint density at radius 3 is 2.95 bits per heavy atom. The Morgan fingerprint density at radius 1 is 1.48 bits per heavy atom. The normalized spacial score (nSPS) is 17.1. The van der Waals surface area contributed by atoms with Crippen molar-refractivity contribution in [3.05, 3.63) is 50.1 Å². The van der Waals surface area contributed by atoms with E-state index in [-0.39, 0.29) is 0 Å². The van der Waals surface area contributed by atoms with Gasteiger partial charge in [0, 0.05) is 15.9 Å². The van der Waals surface area contributed by atoms with Gasteiger partial charge in [0.1, 0.15) is 0 Å². The van der Waals surface area contributed by atoms with Crippen molar-refractivity contribution < 1.29 is 9.90 Å². The average Bonchev–Trinajstić information content (AvgIpc) is 2.94. The van der Waals surface area contributed by atoms with Gasteiger partial charge in [-0.15, -0.1) is 11.3 Å². The highest BCUT2D eigenvalue weighted by molar-refractivity contribution is 9.10. The average molecular weight is 363 g/mol. The summed E-state index contributed by atoms with van der Waals surface area (Å²) in [5, 5.41) is 20.5. The number of hydrogen-bond acceptors (Lipinski definition) is 4. The van der Waals surface area contributed by atoms with Crippen molar-refractivity contribution in [2.75, 3.05) is 11.4 Å². The SMILES string of the molecule is N#Cc1ccc(N2CCc3sccc3C2C(=O)O)c(Br)c1. The molecule has 6 heteroatoms. The molecule has 1 aliphatic rings. The Kier molecular flexibility index (Phi) is 3.70. The molecule has 21 heavy (non-hydrogen) atoms. The number of anilines is 1. The molecule has 1 aromatic heterocycles. The highest BCUT2D eigenvalue weighted by Crippen LogP contribution is 2.39. The molecule has 2 aromatic rings. The van der Waals surface area contributed by atoms with Gasteiger partial charge in [-0.1, -0.05) is 0 Å². The number of carbonyl (C=O) groups is 1. The van der Waals surface area contributed by atoms with E-state index in [0.29, 0.717) is 12.1 Å². The number of nitriles is 1. The van der Waals surface area contributed by atoms with Gasteiger partial charge in [-0.25, -0.2) is 4.79 Å². The van der Waals surface area contributed by atoms with Crippen LogP contribution in [0.5, 0.6) is 0 Å². The van der Waals surface area contributed by atoms with Gasteiger partial charge in [0.15, 0.2) is 6.04 Å². The van der Waals surface area contributed by atoms with Crippen LogP contribution in [0.1, 0.15) is 22.0 Å². The van der Waals surface area contributed by atoms with E-state index < -0.39 is 12.0 Å². The zero-order valence-corrected chi connectivity index (χ0v) is 13.3. The molecular weight excluding hydrogens is 352 g/mol. The van der Waals surface area contributed by atoms with Crippen LogP contribution in [0.4, 0.5) is 5.69 Å². The van der Waals surface area contributed by atoms with Gasteiger partial charge in [-0.3, -0.25) is 0 Å². The van der Waals surface area contributed by atoms with E-state index in [0.717, 1.165) is 27.0 Å². The zero-order valence-electron chi connectivity index (χ0n) is 10.9. The molecule has 1 N–H and O–H groups in total. The minimum absolute atomic E-state index is 0.547. The molecule has 0 bridgehead atoms. The highest BCUT2D eigenvalue weighted by atomic mass is 79.9. The minimum Gasteiger partial charge on any atom is -0.479 e. The molecule has 0 saturated heterocycles. The molecule has 3 rings (SSSR count). The lowest BCUT2D eigenvalue weighted by Gasteiger charge is -2.35. The second-order valence-electron chi connectivity index (χ2n) is 4.76. The second kappa shape index (κ2) is 5.51. The highest BCUT2D eigenvalue weighted by Gasteiger charge is 2.34. The maximum atomic E-state index is 11.7. The topological polar surface area (TPSA) is 64.3 Å². The molecule has 0 aliphatic carbocycles. The Bertz CT molecular complexity index is 750. The van der Waals surface area contributed by atoms with Crippen molar-refractivity contribution in [2.45, 2.75) is 12.5 Å². The molecule has 1 atom stereocenters. The molecule has 0 spiro atoms. The van der Waals surface area contributed by atoms with Gasteiger partial charge in [-0.05, 0) is 57.6 Å². The van der Waals surface area contributed by atoms with Crippen LogP contribution in [0, 0.1) is 11.3 Å². The maximum absolute atomic E-state index is 11.7. The Balaban J connectivity index is 2.06. The van der Waals surface area contributed by atoms with Gasteiger partial charge in [0.05, 0.1) is 17.3 Å². The van der Waals surface area contributed by atoms with Crippen LogP contribution in [0.25, 0.3) is 0 Å². The number of hydrogen-bond donors (Lipinski definition) is 1. The fourth-order valence-electron chi connectivity index (χ4n) is 2.65. The number of nitrogens with zero attached hydrogens (tertiary/aromatic N) is 2. The van der Waals surface area contributed by atoms with Crippen LogP contribution in [-0.2, 0) is 11.2 Å². The summed E-state index contributed by atoms with van der Waals surface area (Å²) in [5.41, 5.74) is 2.22. The summed E-state index contributed by atoms with van der Waals surface area (Å²) in [6.45, 7) is 0.648. The van der Waals surface area contributed by atoms with Crippen LogP contribution in [0.3, 0.4) is 0 Å². The molecule has 1 unspecified atom stereocenters. The van der Waals surface area contributed by atoms with Crippen molar-refractivity contribution in [3.63, 3.8) is 0 Å². The standard InChI is InChI=1S/C15H11BrN2O2S/c16-11-7-9(8-17)1-2-12(11)18-5-3-13-10(4-6-21-13)14(18)15(19)20/h1-2,4,6-7,14H,3,5H2,(H,19,20). The van der Waals surface area contributed by atoms with E-state index in [1.54, 1.807) is 29.5 Å². The van der Waals surface area contributed by atoms with Gasteiger partial charge < -0.3 is 10.0 Å². The number of carboxylic acids is 1. The first-order chi connectivity index (χ1) is 10.1. The number of carboxylic acid groups (broad SMARTS) is 1. The first-order valence-electron chi connectivity index (χ1n) is 6.37. The van der Waals surface area contributed by atoms with Crippen molar-refractivity contribution in [2.24, 2.45) is 0 Å². The number of benzene rings is 1. The Hall–Kier alpha value is -1.84. The van der Waals surface area contributed by atoms with Crippen molar-refractivity contribution in [1.82, 2.24) is 0 Å². The summed E-state index contributed by atoms with van der Waals surface area (Å²) < 4.78 is 0.742. The van der Waals surface area contributed by atoms with E-state index in [9.17, 15) is 9.90 Å². The lowest BCUT2D eigenvalue weighted by molar-refractivity contribution is -0.138. The van der Waals surface area contributed by atoms with Crippen LogP contribution < -0.4 is 4.90 Å². The summed E-state index contributed by atoms with van der Waals surface area (Å²) in [6.07, 6.45) is 0.837. The molecule has 1 aliphatic heterocycles. The second-order valence-corrected chi connectivity index (χ2v) is 6.62. The Labute approximate surface area is 134 Å². The fourth-order valence-corrected chi connectivity index (χ4v) is 4.16. The summed E-state index contributed by atoms with van der Waals surface area (Å²) >= 11 is 5.06. The lowest BCUT2D eigenvalue weighted by atomic mass is 9.99. The number of fused-ring (bicyclic) bond motifs is 1. The van der Waals surface area contributed by atoms with Crippen molar-refractivity contribution >= 4 is 38.9 Å². The summed E-state index contributed by atoms with van der Waals surface area (Å²) in [5.74, 6) is -0.856. The molecular formula is C15H11BrN2O2S. The maximum Gasteiger partial charge on any atom is 0.331 e. The van der Waals surface area contributed by atoms with Crippen LogP contribution >= 0.6 is 27.3 Å². The van der Waals surface area contributed by atoms with Crippen molar-refractivity contribution in [3.8, 4) is 6.07 Å². The predicted molar refractivity (Wildman–Crippen MR) is 84.6 cm³/mol. The number of aliphatic carboxylic acids is 1. The summed E-state index contributed by atoms with van der Waals surface area (Å²) in [4.78, 5) is 14.7. The van der Waals surface area contributed by atoms with E-state index in [2.05, 4.69) is 22.0 Å². The van der Waals surface area contributed by atoms with Crippen LogP contribution in [-0.4, -0.2) is 17.6 Å². The number of halogens is 1.